The molecule has 1 aromatic carbocycles. The zero-order chi connectivity index (χ0) is 17.3. The van der Waals surface area contributed by atoms with E-state index in [2.05, 4.69) is 0 Å². The molecule has 23 heavy (non-hydrogen) atoms. The molecular formula is C17H20N2O4. The molecule has 0 aliphatic carbocycles. The lowest BCUT2D eigenvalue weighted by atomic mass is 9.87. The van der Waals surface area contributed by atoms with Crippen molar-refractivity contribution in [1.82, 2.24) is 4.90 Å². The van der Waals surface area contributed by atoms with Crippen molar-refractivity contribution < 1.29 is 19.4 Å². The number of rotatable bonds is 2. The fourth-order valence-corrected chi connectivity index (χ4v) is 2.85. The molecule has 2 rings (SSSR count). The highest BCUT2D eigenvalue weighted by Crippen LogP contribution is 2.40. The van der Waals surface area contributed by atoms with Crippen LogP contribution in [0.3, 0.4) is 0 Å². The first-order valence-corrected chi connectivity index (χ1v) is 7.45. The van der Waals surface area contributed by atoms with Crippen molar-refractivity contribution in [3.8, 4) is 6.07 Å². The Morgan fingerprint density at radius 2 is 1.91 bits per heavy atom. The van der Waals surface area contributed by atoms with Gasteiger partial charge in [0.15, 0.2) is 5.54 Å². The van der Waals surface area contributed by atoms with Crippen LogP contribution in [0.4, 0.5) is 4.79 Å². The Balaban J connectivity index is 2.44. The van der Waals surface area contributed by atoms with Crippen molar-refractivity contribution in [3.63, 3.8) is 0 Å². The number of nitrogens with zero attached hydrogens (tertiary/aromatic N) is 2. The highest BCUT2D eigenvalue weighted by Gasteiger charge is 2.52. The summed E-state index contributed by atoms with van der Waals surface area (Å²) in [4.78, 5) is 25.8. The van der Waals surface area contributed by atoms with Gasteiger partial charge >= 0.3 is 12.1 Å². The summed E-state index contributed by atoms with van der Waals surface area (Å²) < 4.78 is 5.36. The molecule has 1 aromatic rings. The van der Waals surface area contributed by atoms with Crippen LogP contribution in [0.1, 0.15) is 44.7 Å². The number of benzene rings is 1. The third-order valence-corrected chi connectivity index (χ3v) is 3.84. The highest BCUT2D eigenvalue weighted by molar-refractivity contribution is 5.86. The van der Waals surface area contributed by atoms with E-state index in [0.717, 1.165) is 0 Å². The van der Waals surface area contributed by atoms with E-state index in [1.807, 2.05) is 6.07 Å². The first kappa shape index (κ1) is 16.8. The van der Waals surface area contributed by atoms with Crippen LogP contribution < -0.4 is 0 Å². The smallest absolute Gasteiger partial charge is 0.411 e. The van der Waals surface area contributed by atoms with Gasteiger partial charge in [0, 0.05) is 6.54 Å². The van der Waals surface area contributed by atoms with Gasteiger partial charge in [-0.25, -0.2) is 9.59 Å². The van der Waals surface area contributed by atoms with Gasteiger partial charge in [0.1, 0.15) is 5.60 Å². The van der Waals surface area contributed by atoms with Crippen molar-refractivity contribution in [2.45, 2.75) is 44.8 Å². The molecule has 1 amide bonds. The Morgan fingerprint density at radius 1 is 1.30 bits per heavy atom. The Bertz CT molecular complexity index is 655. The maximum Gasteiger partial charge on any atom is 0.411 e. The van der Waals surface area contributed by atoms with Gasteiger partial charge in [0.25, 0.3) is 0 Å². The summed E-state index contributed by atoms with van der Waals surface area (Å²) in [6.07, 6.45) is 0.251. The van der Waals surface area contributed by atoms with Crippen molar-refractivity contribution in [2.24, 2.45) is 0 Å². The summed E-state index contributed by atoms with van der Waals surface area (Å²) in [6, 6.07) is 8.31. The number of nitriles is 1. The van der Waals surface area contributed by atoms with E-state index in [-0.39, 0.29) is 0 Å². The van der Waals surface area contributed by atoms with E-state index < -0.39 is 23.2 Å². The molecule has 1 N–H and O–H groups in total. The molecule has 1 heterocycles. The van der Waals surface area contributed by atoms with Crippen LogP contribution >= 0.6 is 0 Å². The average Bonchev–Trinajstić information content (AvgIpc) is 2.91. The maximum absolute atomic E-state index is 12.5. The van der Waals surface area contributed by atoms with E-state index in [0.29, 0.717) is 30.5 Å². The van der Waals surface area contributed by atoms with Crippen LogP contribution in [0.25, 0.3) is 0 Å². The summed E-state index contributed by atoms with van der Waals surface area (Å²) in [5.74, 6) is -1.09. The van der Waals surface area contributed by atoms with Crippen molar-refractivity contribution >= 4 is 12.1 Å². The highest BCUT2D eigenvalue weighted by atomic mass is 16.6. The number of hydrogen-bond acceptors (Lipinski definition) is 4. The second kappa shape index (κ2) is 5.92. The molecule has 0 saturated carbocycles. The molecule has 1 unspecified atom stereocenters. The number of carboxylic acids is 1. The zero-order valence-electron chi connectivity index (χ0n) is 13.5. The largest absolute Gasteiger partial charge is 0.479 e. The molecule has 0 aromatic heterocycles. The maximum atomic E-state index is 12.5. The Hall–Kier alpha value is -2.55. The van der Waals surface area contributed by atoms with Crippen LogP contribution in [0.2, 0.25) is 0 Å². The molecule has 0 spiro atoms. The molecule has 1 aliphatic rings. The van der Waals surface area contributed by atoms with Gasteiger partial charge in [-0.2, -0.15) is 5.26 Å². The summed E-state index contributed by atoms with van der Waals surface area (Å²) in [6.45, 7) is 5.54. The van der Waals surface area contributed by atoms with Gasteiger partial charge in [0.05, 0.1) is 11.6 Å². The average molecular weight is 316 g/mol. The molecule has 0 radical (unpaired) electrons. The predicted molar refractivity (Wildman–Crippen MR) is 82.6 cm³/mol. The first-order valence-electron chi connectivity index (χ1n) is 7.45. The lowest BCUT2D eigenvalue weighted by Crippen LogP contribution is -2.52. The number of likely N-dealkylation sites (tertiary alicyclic amines) is 1. The number of aliphatic carboxylic acids is 1. The summed E-state index contributed by atoms with van der Waals surface area (Å²) in [5, 5.41) is 18.7. The van der Waals surface area contributed by atoms with Gasteiger partial charge in [0.2, 0.25) is 0 Å². The van der Waals surface area contributed by atoms with Crippen LogP contribution in [-0.2, 0) is 15.1 Å². The van der Waals surface area contributed by atoms with E-state index in [1.54, 1.807) is 45.0 Å². The summed E-state index contributed by atoms with van der Waals surface area (Å²) in [7, 11) is 0. The van der Waals surface area contributed by atoms with E-state index in [1.165, 1.54) is 4.90 Å². The van der Waals surface area contributed by atoms with Crippen molar-refractivity contribution in [1.29, 1.82) is 5.26 Å². The van der Waals surface area contributed by atoms with Crippen LogP contribution in [0, 0.1) is 11.3 Å². The molecular weight excluding hydrogens is 296 g/mol. The minimum atomic E-state index is -1.45. The molecule has 1 saturated heterocycles. The Morgan fingerprint density at radius 3 is 2.39 bits per heavy atom. The SMILES string of the molecule is CC(C)(C)OC(=O)N1CCCC1(C(=O)O)c1ccc(C#N)cc1. The molecule has 6 nitrogen and oxygen atoms in total. The summed E-state index contributed by atoms with van der Waals surface area (Å²) >= 11 is 0. The van der Waals surface area contributed by atoms with Gasteiger partial charge in [-0.05, 0) is 51.3 Å². The number of hydrogen-bond donors (Lipinski definition) is 1. The fraction of sp³-hybridized carbons (Fsp3) is 0.471. The minimum Gasteiger partial charge on any atom is -0.479 e. The molecule has 1 aliphatic heterocycles. The zero-order valence-corrected chi connectivity index (χ0v) is 13.5. The number of amides is 1. The van der Waals surface area contributed by atoms with Crippen LogP contribution in [0.15, 0.2) is 24.3 Å². The molecule has 1 atom stereocenters. The van der Waals surface area contributed by atoms with Gasteiger partial charge in [-0.15, -0.1) is 0 Å². The van der Waals surface area contributed by atoms with E-state index in [4.69, 9.17) is 10.00 Å². The topological polar surface area (TPSA) is 90.6 Å². The van der Waals surface area contributed by atoms with Crippen molar-refractivity contribution in [2.75, 3.05) is 6.54 Å². The van der Waals surface area contributed by atoms with Gasteiger partial charge < -0.3 is 9.84 Å². The second-order valence-corrected chi connectivity index (χ2v) is 6.59. The lowest BCUT2D eigenvalue weighted by Gasteiger charge is -2.36. The Kier molecular flexibility index (Phi) is 4.33. The quantitative estimate of drug-likeness (QED) is 0.906. The van der Waals surface area contributed by atoms with E-state index in [9.17, 15) is 14.7 Å². The lowest BCUT2D eigenvalue weighted by molar-refractivity contribution is -0.150. The normalized spacial score (nSPS) is 20.9. The number of carbonyl (C=O) groups excluding carboxylic acids is 1. The van der Waals surface area contributed by atoms with Crippen molar-refractivity contribution in [3.05, 3.63) is 35.4 Å². The third-order valence-electron chi connectivity index (χ3n) is 3.84. The van der Waals surface area contributed by atoms with Crippen LogP contribution in [0.5, 0.6) is 0 Å². The molecule has 122 valence electrons. The second-order valence-electron chi connectivity index (χ2n) is 6.59. The predicted octanol–water partition coefficient (Wildman–Crippen LogP) is 2.87. The Labute approximate surface area is 135 Å². The molecule has 1 fully saturated rings. The molecule has 0 bridgehead atoms. The van der Waals surface area contributed by atoms with E-state index >= 15 is 0 Å². The molecule has 6 heteroatoms. The standard InChI is InChI=1S/C17H20N2O4/c1-16(2,3)23-15(22)19-10-4-9-17(19,14(20)21)13-7-5-12(11-18)6-8-13/h5-8H,4,9-10H2,1-3H3,(H,20,21). The fourth-order valence-electron chi connectivity index (χ4n) is 2.85. The number of carbonyl (C=O) groups is 2. The third kappa shape index (κ3) is 3.14. The minimum absolute atomic E-state index is 0.313. The summed E-state index contributed by atoms with van der Waals surface area (Å²) in [5.41, 5.74) is -1.23. The van der Waals surface area contributed by atoms with Crippen LogP contribution in [-0.4, -0.2) is 34.2 Å². The number of ether oxygens (including phenoxy) is 1. The monoisotopic (exact) mass is 316 g/mol. The first-order chi connectivity index (χ1) is 10.7. The number of carboxylic acid groups (broad SMARTS) is 1. The van der Waals surface area contributed by atoms with Gasteiger partial charge in [-0.1, -0.05) is 12.1 Å². The van der Waals surface area contributed by atoms with Gasteiger partial charge in [-0.3, -0.25) is 4.90 Å².